The van der Waals surface area contributed by atoms with Crippen molar-refractivity contribution in [2.75, 3.05) is 23.8 Å². The maximum Gasteiger partial charge on any atom is 0.225 e. The quantitative estimate of drug-likeness (QED) is 0.380. The molecule has 0 radical (unpaired) electrons. The summed E-state index contributed by atoms with van der Waals surface area (Å²) in [6.07, 6.45) is 3.87. The zero-order valence-electron chi connectivity index (χ0n) is 21.2. The van der Waals surface area contributed by atoms with Gasteiger partial charge in [-0.1, -0.05) is 6.92 Å². The van der Waals surface area contributed by atoms with Gasteiger partial charge < -0.3 is 24.9 Å². The van der Waals surface area contributed by atoms with Crippen LogP contribution in [0.3, 0.4) is 0 Å². The van der Waals surface area contributed by atoms with Gasteiger partial charge in [-0.15, -0.1) is 0 Å². The second-order valence-electron chi connectivity index (χ2n) is 9.93. The second kappa shape index (κ2) is 9.78. The van der Waals surface area contributed by atoms with Crippen LogP contribution in [-0.4, -0.2) is 44.9 Å². The van der Waals surface area contributed by atoms with Gasteiger partial charge >= 0.3 is 0 Å². The molecule has 3 aromatic heterocycles. The number of ether oxygens (including phenoxy) is 1. The molecule has 0 amide bonds. The number of aliphatic hydroxyl groups is 1. The minimum atomic E-state index is -0.127. The van der Waals surface area contributed by atoms with Crippen LogP contribution in [0.4, 0.5) is 11.8 Å². The SMILES string of the molecule is CCOc1cc2cc(-c3c(C)nc(NC(C)(C)CC)nc3NC3CCC(CO)C3)oc2c(C)n1. The molecule has 34 heavy (non-hydrogen) atoms. The summed E-state index contributed by atoms with van der Waals surface area (Å²) < 4.78 is 11.9. The number of nitrogens with zero attached hydrogens (tertiary/aromatic N) is 3. The first-order chi connectivity index (χ1) is 16.2. The largest absolute Gasteiger partial charge is 0.478 e. The van der Waals surface area contributed by atoms with E-state index in [1.54, 1.807) is 0 Å². The van der Waals surface area contributed by atoms with Crippen LogP contribution < -0.4 is 15.4 Å². The Kier molecular flexibility index (Phi) is 6.98. The van der Waals surface area contributed by atoms with E-state index in [9.17, 15) is 5.11 Å². The third-order valence-corrected chi connectivity index (χ3v) is 6.75. The molecule has 3 N–H and O–H groups in total. The first-order valence-electron chi connectivity index (χ1n) is 12.3. The lowest BCUT2D eigenvalue weighted by molar-refractivity contribution is 0.229. The molecule has 1 saturated carbocycles. The molecule has 2 atom stereocenters. The standard InChI is InChI=1S/C26H37N5O3/c1-7-26(5,6)31-25-28-15(3)22(24(30-25)29-19-10-9-17(11-19)14-32)20-12-18-13-21(33-8-2)27-16(4)23(18)34-20/h12-13,17,19,32H,7-11,14H2,1-6H3,(H2,28,29,30,31). The van der Waals surface area contributed by atoms with Crippen LogP contribution in [0.15, 0.2) is 16.5 Å². The summed E-state index contributed by atoms with van der Waals surface area (Å²) >= 11 is 0. The molecule has 184 valence electrons. The maximum atomic E-state index is 9.60. The van der Waals surface area contributed by atoms with Gasteiger partial charge in [0.2, 0.25) is 11.8 Å². The molecule has 0 spiro atoms. The minimum Gasteiger partial charge on any atom is -0.478 e. The summed E-state index contributed by atoms with van der Waals surface area (Å²) in [7, 11) is 0. The predicted octanol–water partition coefficient (Wildman–Crippen LogP) is 5.47. The Morgan fingerprint density at radius 1 is 1.12 bits per heavy atom. The number of nitrogens with one attached hydrogen (secondary N) is 2. The van der Waals surface area contributed by atoms with E-state index in [-0.39, 0.29) is 18.2 Å². The van der Waals surface area contributed by atoms with Gasteiger partial charge in [0.1, 0.15) is 11.6 Å². The molecule has 1 aliphatic rings. The van der Waals surface area contributed by atoms with Crippen LogP contribution in [0.5, 0.6) is 5.88 Å². The van der Waals surface area contributed by atoms with Crippen molar-refractivity contribution in [3.05, 3.63) is 23.5 Å². The van der Waals surface area contributed by atoms with E-state index in [4.69, 9.17) is 19.1 Å². The van der Waals surface area contributed by atoms with E-state index in [2.05, 4.69) is 36.4 Å². The highest BCUT2D eigenvalue weighted by molar-refractivity contribution is 5.88. The fourth-order valence-electron chi connectivity index (χ4n) is 4.51. The number of fused-ring (bicyclic) bond motifs is 1. The van der Waals surface area contributed by atoms with Crippen molar-refractivity contribution >= 4 is 22.7 Å². The Morgan fingerprint density at radius 3 is 2.59 bits per heavy atom. The number of hydrogen-bond donors (Lipinski definition) is 3. The van der Waals surface area contributed by atoms with Gasteiger partial charge in [0, 0.05) is 29.6 Å². The third-order valence-electron chi connectivity index (χ3n) is 6.75. The highest BCUT2D eigenvalue weighted by atomic mass is 16.5. The Hall–Kier alpha value is -2.87. The molecule has 0 saturated heterocycles. The van der Waals surface area contributed by atoms with Crippen molar-refractivity contribution in [1.82, 2.24) is 15.0 Å². The third kappa shape index (κ3) is 5.12. The van der Waals surface area contributed by atoms with Gasteiger partial charge in [-0.2, -0.15) is 4.98 Å². The smallest absolute Gasteiger partial charge is 0.225 e. The number of furan rings is 1. The van der Waals surface area contributed by atoms with E-state index >= 15 is 0 Å². The van der Waals surface area contributed by atoms with Gasteiger partial charge in [-0.3, -0.25) is 0 Å². The summed E-state index contributed by atoms with van der Waals surface area (Å²) in [4.78, 5) is 14.2. The molecule has 2 unspecified atom stereocenters. The van der Waals surface area contributed by atoms with Crippen molar-refractivity contribution in [2.45, 2.75) is 78.8 Å². The Balaban J connectivity index is 1.78. The fourth-order valence-corrected chi connectivity index (χ4v) is 4.51. The zero-order chi connectivity index (χ0) is 24.5. The van der Waals surface area contributed by atoms with E-state index in [1.807, 2.05) is 32.9 Å². The molecule has 0 aliphatic heterocycles. The summed E-state index contributed by atoms with van der Waals surface area (Å²) in [6.45, 7) is 13.1. The van der Waals surface area contributed by atoms with E-state index < -0.39 is 0 Å². The average molecular weight is 468 g/mol. The van der Waals surface area contributed by atoms with Crippen molar-refractivity contribution in [3.8, 4) is 17.2 Å². The van der Waals surface area contributed by atoms with Gasteiger partial charge in [0.05, 0.1) is 23.6 Å². The monoisotopic (exact) mass is 467 g/mol. The Labute approximate surface area is 201 Å². The summed E-state index contributed by atoms with van der Waals surface area (Å²) in [5.74, 6) is 2.97. The van der Waals surface area contributed by atoms with Crippen LogP contribution in [0.25, 0.3) is 22.3 Å². The number of pyridine rings is 1. The molecule has 1 aliphatic carbocycles. The first kappa shape index (κ1) is 24.3. The molecule has 0 bridgehead atoms. The molecule has 1 fully saturated rings. The fraction of sp³-hybridized carbons (Fsp3) is 0.577. The molecule has 3 aromatic rings. The van der Waals surface area contributed by atoms with Crippen molar-refractivity contribution in [2.24, 2.45) is 5.92 Å². The number of hydrogen-bond acceptors (Lipinski definition) is 8. The molecule has 4 rings (SSSR count). The molecule has 3 heterocycles. The van der Waals surface area contributed by atoms with Crippen molar-refractivity contribution in [3.63, 3.8) is 0 Å². The molecule has 8 heteroatoms. The Morgan fingerprint density at radius 2 is 1.91 bits per heavy atom. The number of rotatable bonds is 9. The van der Waals surface area contributed by atoms with Crippen LogP contribution in [0, 0.1) is 19.8 Å². The van der Waals surface area contributed by atoms with Crippen LogP contribution >= 0.6 is 0 Å². The maximum absolute atomic E-state index is 9.60. The number of aromatic nitrogens is 3. The van der Waals surface area contributed by atoms with Gasteiger partial charge in [-0.25, -0.2) is 9.97 Å². The summed E-state index contributed by atoms with van der Waals surface area (Å²) in [5.41, 5.74) is 3.07. The van der Waals surface area contributed by atoms with Gasteiger partial charge in [-0.05, 0) is 72.3 Å². The van der Waals surface area contributed by atoms with E-state index in [0.29, 0.717) is 30.1 Å². The highest BCUT2D eigenvalue weighted by Crippen LogP contribution is 2.38. The Bertz CT molecular complexity index is 1160. The topological polar surface area (TPSA) is 105 Å². The number of aliphatic hydroxyl groups excluding tert-OH is 1. The average Bonchev–Trinajstić information content (AvgIpc) is 3.40. The van der Waals surface area contributed by atoms with Crippen LogP contribution in [-0.2, 0) is 0 Å². The normalized spacial score (nSPS) is 18.4. The van der Waals surface area contributed by atoms with Crippen LogP contribution in [0.2, 0.25) is 0 Å². The van der Waals surface area contributed by atoms with Crippen LogP contribution in [0.1, 0.15) is 64.8 Å². The number of anilines is 2. The molecule has 8 nitrogen and oxygen atoms in total. The molecular formula is C26H37N5O3. The van der Waals surface area contributed by atoms with E-state index in [1.165, 1.54) is 0 Å². The highest BCUT2D eigenvalue weighted by Gasteiger charge is 2.27. The predicted molar refractivity (Wildman–Crippen MR) is 136 cm³/mol. The van der Waals surface area contributed by atoms with Crippen molar-refractivity contribution in [1.29, 1.82) is 0 Å². The second-order valence-corrected chi connectivity index (χ2v) is 9.93. The van der Waals surface area contributed by atoms with Gasteiger partial charge in [0.25, 0.3) is 0 Å². The summed E-state index contributed by atoms with van der Waals surface area (Å²) in [5, 5.41) is 17.7. The van der Waals surface area contributed by atoms with Crippen molar-refractivity contribution < 1.29 is 14.3 Å². The first-order valence-corrected chi connectivity index (χ1v) is 12.3. The lowest BCUT2D eigenvalue weighted by atomic mass is 10.0. The van der Waals surface area contributed by atoms with E-state index in [0.717, 1.165) is 59.4 Å². The lowest BCUT2D eigenvalue weighted by Crippen LogP contribution is -2.31. The molecule has 0 aromatic carbocycles. The minimum absolute atomic E-state index is 0.127. The van der Waals surface area contributed by atoms with Gasteiger partial charge in [0.15, 0.2) is 5.58 Å². The number of aryl methyl sites for hydroxylation is 2. The zero-order valence-corrected chi connectivity index (χ0v) is 21.2. The summed E-state index contributed by atoms with van der Waals surface area (Å²) in [6, 6.07) is 4.16. The molecular weight excluding hydrogens is 430 g/mol. The lowest BCUT2D eigenvalue weighted by Gasteiger charge is -2.26.